The Balaban J connectivity index is 3.15. The molecule has 0 saturated carbocycles. The van der Waals surface area contributed by atoms with E-state index < -0.39 is 21.0 Å². The molecule has 1 aromatic rings. The third-order valence-corrected chi connectivity index (χ3v) is 4.25. The Morgan fingerprint density at radius 3 is 2.63 bits per heavy atom. The number of nitrogens with zero attached hydrogens (tertiary/aromatic N) is 1. The van der Waals surface area contributed by atoms with Gasteiger partial charge in [0.15, 0.2) is 0 Å². The first-order valence-corrected chi connectivity index (χ1v) is 7.03. The first-order chi connectivity index (χ1) is 8.79. The molecule has 1 rings (SSSR count). The Morgan fingerprint density at radius 2 is 2.11 bits per heavy atom. The number of sulfonamides is 1. The van der Waals surface area contributed by atoms with Crippen LogP contribution in [-0.4, -0.2) is 33.1 Å². The molecular weight excluding hydrogens is 272 g/mol. The summed E-state index contributed by atoms with van der Waals surface area (Å²) in [6.07, 6.45) is 0. The summed E-state index contributed by atoms with van der Waals surface area (Å²) in [6, 6.07) is 3.53. The van der Waals surface area contributed by atoms with E-state index in [2.05, 4.69) is 4.72 Å². The van der Waals surface area contributed by atoms with Crippen molar-refractivity contribution < 1.29 is 18.1 Å². The van der Waals surface area contributed by atoms with Crippen molar-refractivity contribution in [2.24, 2.45) is 0 Å². The van der Waals surface area contributed by atoms with Gasteiger partial charge in [-0.15, -0.1) is 0 Å². The van der Waals surface area contributed by atoms with Crippen LogP contribution in [0, 0.1) is 17.0 Å². The Labute approximate surface area is 111 Å². The Kier molecular flexibility index (Phi) is 4.98. The second-order valence-corrected chi connectivity index (χ2v) is 5.82. The van der Waals surface area contributed by atoms with Crippen LogP contribution >= 0.6 is 0 Å². The van der Waals surface area contributed by atoms with Crippen molar-refractivity contribution in [3.8, 4) is 0 Å². The number of rotatable bonds is 6. The molecule has 0 aromatic heterocycles. The number of hydrogen-bond acceptors (Lipinski definition) is 5. The molecule has 0 aliphatic carbocycles. The van der Waals surface area contributed by atoms with E-state index in [1.165, 1.54) is 32.2 Å². The van der Waals surface area contributed by atoms with Crippen LogP contribution in [0.15, 0.2) is 23.1 Å². The molecule has 1 aromatic carbocycles. The number of methoxy groups -OCH3 is 1. The summed E-state index contributed by atoms with van der Waals surface area (Å²) in [7, 11) is -2.34. The minimum absolute atomic E-state index is 0.0929. The summed E-state index contributed by atoms with van der Waals surface area (Å²) < 4.78 is 31.5. The first-order valence-electron chi connectivity index (χ1n) is 5.55. The number of nitro benzene ring substituents is 1. The number of nitro groups is 1. The van der Waals surface area contributed by atoms with Crippen molar-refractivity contribution in [3.05, 3.63) is 33.9 Å². The molecule has 7 nitrogen and oxygen atoms in total. The second-order valence-electron chi connectivity index (χ2n) is 4.14. The SMILES string of the molecule is COC[C@H](C)NS(=O)(=O)c1cccc([N+](=O)[O-])c1C. The molecule has 0 saturated heterocycles. The summed E-state index contributed by atoms with van der Waals surface area (Å²) >= 11 is 0. The topological polar surface area (TPSA) is 98.5 Å². The van der Waals surface area contributed by atoms with Gasteiger partial charge in [-0.25, -0.2) is 13.1 Å². The molecule has 0 fully saturated rings. The third-order valence-electron chi connectivity index (χ3n) is 2.51. The lowest BCUT2D eigenvalue weighted by molar-refractivity contribution is -0.385. The van der Waals surface area contributed by atoms with Crippen molar-refractivity contribution in [2.75, 3.05) is 13.7 Å². The molecule has 1 N–H and O–H groups in total. The van der Waals surface area contributed by atoms with Crippen molar-refractivity contribution in [1.29, 1.82) is 0 Å². The fraction of sp³-hybridized carbons (Fsp3) is 0.455. The van der Waals surface area contributed by atoms with E-state index >= 15 is 0 Å². The van der Waals surface area contributed by atoms with Gasteiger partial charge in [-0.1, -0.05) is 6.07 Å². The number of ether oxygens (including phenoxy) is 1. The number of nitrogens with one attached hydrogen (secondary N) is 1. The zero-order valence-electron chi connectivity index (χ0n) is 10.9. The Bertz CT molecular complexity index is 570. The van der Waals surface area contributed by atoms with Gasteiger partial charge in [0.2, 0.25) is 10.0 Å². The number of benzene rings is 1. The van der Waals surface area contributed by atoms with E-state index in [1.54, 1.807) is 6.92 Å². The summed E-state index contributed by atoms with van der Waals surface area (Å²) in [5.41, 5.74) is -0.105. The lowest BCUT2D eigenvalue weighted by Gasteiger charge is -2.14. The highest BCUT2D eigenvalue weighted by Crippen LogP contribution is 2.24. The van der Waals surface area contributed by atoms with E-state index in [0.717, 1.165) is 0 Å². The molecule has 0 spiro atoms. The van der Waals surface area contributed by atoms with Gasteiger partial charge in [-0.3, -0.25) is 10.1 Å². The molecule has 0 aliphatic rings. The standard InChI is InChI=1S/C11H16N2O5S/c1-8(7-18-3)12-19(16,17)11-6-4-5-10(9(11)2)13(14)15/h4-6,8,12H,7H2,1-3H3/t8-/m0/s1. The first kappa shape index (κ1) is 15.5. The highest BCUT2D eigenvalue weighted by Gasteiger charge is 2.24. The molecule has 0 heterocycles. The van der Waals surface area contributed by atoms with E-state index in [1.807, 2.05) is 0 Å². The normalized spacial score (nSPS) is 13.2. The Hall–Kier alpha value is -1.51. The zero-order valence-corrected chi connectivity index (χ0v) is 11.7. The monoisotopic (exact) mass is 288 g/mol. The van der Waals surface area contributed by atoms with Crippen molar-refractivity contribution in [3.63, 3.8) is 0 Å². The van der Waals surface area contributed by atoms with E-state index in [0.29, 0.717) is 0 Å². The quantitative estimate of drug-likeness (QED) is 0.626. The highest BCUT2D eigenvalue weighted by atomic mass is 32.2. The van der Waals surface area contributed by atoms with Crippen molar-refractivity contribution in [2.45, 2.75) is 24.8 Å². The summed E-state index contributed by atoms with van der Waals surface area (Å²) in [5, 5.41) is 10.8. The van der Waals surface area contributed by atoms with Crippen molar-refractivity contribution >= 4 is 15.7 Å². The molecule has 0 unspecified atom stereocenters. The predicted molar refractivity (Wildman–Crippen MR) is 69.5 cm³/mol. The second kappa shape index (κ2) is 6.09. The lowest BCUT2D eigenvalue weighted by atomic mass is 10.2. The van der Waals surface area contributed by atoms with Gasteiger partial charge in [0.1, 0.15) is 0 Å². The molecule has 1 atom stereocenters. The van der Waals surface area contributed by atoms with Gasteiger partial charge in [0, 0.05) is 24.8 Å². The maximum atomic E-state index is 12.1. The predicted octanol–water partition coefficient (Wildman–Crippen LogP) is 1.22. The van der Waals surface area contributed by atoms with Gasteiger partial charge < -0.3 is 4.74 Å². The van der Waals surface area contributed by atoms with Crippen LogP contribution in [0.3, 0.4) is 0 Å². The van der Waals surface area contributed by atoms with Crippen LogP contribution in [0.2, 0.25) is 0 Å². The molecule has 106 valence electrons. The van der Waals surface area contributed by atoms with Gasteiger partial charge in [-0.05, 0) is 19.9 Å². The minimum atomic E-state index is -3.80. The van der Waals surface area contributed by atoms with Crippen LogP contribution in [0.5, 0.6) is 0 Å². The molecule has 8 heteroatoms. The van der Waals surface area contributed by atoms with Crippen LogP contribution in [0.25, 0.3) is 0 Å². The Morgan fingerprint density at radius 1 is 1.47 bits per heavy atom. The van der Waals surface area contributed by atoms with Crippen LogP contribution < -0.4 is 4.72 Å². The van der Waals surface area contributed by atoms with E-state index in [4.69, 9.17) is 4.74 Å². The van der Waals surface area contributed by atoms with Crippen LogP contribution in [0.4, 0.5) is 5.69 Å². The minimum Gasteiger partial charge on any atom is -0.383 e. The molecular formula is C11H16N2O5S. The average Bonchev–Trinajstić information content (AvgIpc) is 2.27. The van der Waals surface area contributed by atoms with Gasteiger partial charge in [-0.2, -0.15) is 0 Å². The van der Waals surface area contributed by atoms with Crippen LogP contribution in [0.1, 0.15) is 12.5 Å². The summed E-state index contributed by atoms with van der Waals surface area (Å²) in [5.74, 6) is 0. The molecule has 0 aliphatic heterocycles. The molecule has 0 bridgehead atoms. The molecule has 19 heavy (non-hydrogen) atoms. The largest absolute Gasteiger partial charge is 0.383 e. The fourth-order valence-corrected chi connectivity index (χ4v) is 3.19. The maximum absolute atomic E-state index is 12.1. The lowest BCUT2D eigenvalue weighted by Crippen LogP contribution is -2.35. The van der Waals surface area contributed by atoms with Gasteiger partial charge in [0.25, 0.3) is 5.69 Å². The van der Waals surface area contributed by atoms with Gasteiger partial charge in [0.05, 0.1) is 16.4 Å². The maximum Gasteiger partial charge on any atom is 0.273 e. The highest BCUT2D eigenvalue weighted by molar-refractivity contribution is 7.89. The summed E-state index contributed by atoms with van der Waals surface area (Å²) in [6.45, 7) is 3.27. The fourth-order valence-electron chi connectivity index (χ4n) is 1.70. The average molecular weight is 288 g/mol. The zero-order chi connectivity index (χ0) is 14.6. The van der Waals surface area contributed by atoms with Crippen molar-refractivity contribution in [1.82, 2.24) is 4.72 Å². The summed E-state index contributed by atoms with van der Waals surface area (Å²) in [4.78, 5) is 10.1. The third kappa shape index (κ3) is 3.72. The van der Waals surface area contributed by atoms with Crippen LogP contribution in [-0.2, 0) is 14.8 Å². The van der Waals surface area contributed by atoms with Gasteiger partial charge >= 0.3 is 0 Å². The number of hydrogen-bond donors (Lipinski definition) is 1. The van der Waals surface area contributed by atoms with E-state index in [-0.39, 0.29) is 22.8 Å². The smallest absolute Gasteiger partial charge is 0.273 e. The molecule has 0 radical (unpaired) electrons. The van der Waals surface area contributed by atoms with E-state index in [9.17, 15) is 18.5 Å². The molecule has 0 amide bonds.